The van der Waals surface area contributed by atoms with Crippen molar-refractivity contribution in [2.24, 2.45) is 0 Å². The quantitative estimate of drug-likeness (QED) is 0.305. The Labute approximate surface area is 201 Å². The van der Waals surface area contributed by atoms with Crippen molar-refractivity contribution in [3.8, 4) is 28.1 Å². The lowest BCUT2D eigenvalue weighted by Crippen LogP contribution is -2.12. The van der Waals surface area contributed by atoms with Crippen LogP contribution < -0.4 is 4.74 Å². The van der Waals surface area contributed by atoms with Crippen LogP contribution in [0.15, 0.2) is 71.1 Å². The maximum Gasteiger partial charge on any atom is 0.341 e. The Morgan fingerprint density at radius 1 is 1.06 bits per heavy atom. The van der Waals surface area contributed by atoms with Crippen molar-refractivity contribution < 1.29 is 14.6 Å². The van der Waals surface area contributed by atoms with E-state index in [0.29, 0.717) is 5.75 Å². The number of thioether (sulfide) groups is 1. The lowest BCUT2D eigenvalue weighted by atomic mass is 9.93. The van der Waals surface area contributed by atoms with Gasteiger partial charge in [-0.3, -0.25) is 0 Å². The molecule has 1 N–H and O–H groups in total. The van der Waals surface area contributed by atoms with Crippen molar-refractivity contribution in [3.05, 3.63) is 88.3 Å². The van der Waals surface area contributed by atoms with E-state index in [1.54, 1.807) is 23.1 Å². The predicted octanol–water partition coefficient (Wildman–Crippen LogP) is 6.64. The summed E-state index contributed by atoms with van der Waals surface area (Å²) in [7, 11) is 0. The van der Waals surface area contributed by atoms with Crippen molar-refractivity contribution in [1.82, 2.24) is 4.98 Å². The van der Waals surface area contributed by atoms with Gasteiger partial charge >= 0.3 is 5.97 Å². The number of aliphatic carboxylic acids is 1. The third-order valence-electron chi connectivity index (χ3n) is 5.72. The number of nitrogens with zero attached hydrogens (tertiary/aromatic N) is 1. The number of rotatable bonds is 7. The van der Waals surface area contributed by atoms with Crippen LogP contribution in [0.4, 0.5) is 0 Å². The summed E-state index contributed by atoms with van der Waals surface area (Å²) in [6.45, 7) is 1.79. The van der Waals surface area contributed by atoms with Gasteiger partial charge in [0.1, 0.15) is 5.75 Å². The summed E-state index contributed by atoms with van der Waals surface area (Å²) in [6, 6.07) is 23.0. The summed E-state index contributed by atoms with van der Waals surface area (Å²) >= 11 is 3.53. The number of thiazole rings is 1. The van der Waals surface area contributed by atoms with Crippen LogP contribution in [0.1, 0.15) is 21.6 Å². The predicted molar refractivity (Wildman–Crippen MR) is 134 cm³/mol. The van der Waals surface area contributed by atoms with Crippen molar-refractivity contribution in [3.63, 3.8) is 0 Å². The monoisotopic (exact) mass is 473 g/mol. The molecule has 0 saturated carbocycles. The molecule has 1 aromatic heterocycles. The molecular weight excluding hydrogens is 450 g/mol. The maximum absolute atomic E-state index is 10.9. The molecule has 0 amide bonds. The highest BCUT2D eigenvalue weighted by Crippen LogP contribution is 2.43. The largest absolute Gasteiger partial charge is 0.482 e. The zero-order chi connectivity index (χ0) is 22.8. The first kappa shape index (κ1) is 21.7. The number of carboxylic acid groups (broad SMARTS) is 1. The summed E-state index contributed by atoms with van der Waals surface area (Å²) in [4.78, 5) is 17.2. The SMILES string of the molecule is Cc1cccc(-c2ccccc2CSc2nc3c(s2)CCc2c(OCC(=O)O)cccc2-3)c1. The van der Waals surface area contributed by atoms with E-state index in [-0.39, 0.29) is 6.61 Å². The maximum atomic E-state index is 10.9. The van der Waals surface area contributed by atoms with Crippen LogP contribution in [0.2, 0.25) is 0 Å². The standard InChI is InChI=1S/C27H23NO3S2/c1-17-6-4-8-18(14-17)20-9-3-2-7-19(20)16-32-27-28-26-22-10-5-11-23(31-15-25(29)30)21(22)12-13-24(26)33-27/h2-11,14H,12-13,15-16H2,1H3,(H,29,30). The minimum atomic E-state index is -0.970. The van der Waals surface area contributed by atoms with Gasteiger partial charge in [-0.05, 0) is 42.5 Å². The van der Waals surface area contributed by atoms with E-state index in [9.17, 15) is 4.79 Å². The molecule has 0 spiro atoms. The number of ether oxygens (including phenoxy) is 1. The van der Waals surface area contributed by atoms with E-state index in [4.69, 9.17) is 14.8 Å². The molecule has 0 unspecified atom stereocenters. The summed E-state index contributed by atoms with van der Waals surface area (Å²) in [5.74, 6) is 0.530. The first-order valence-corrected chi connectivity index (χ1v) is 12.6. The van der Waals surface area contributed by atoms with Gasteiger partial charge in [0, 0.05) is 21.8 Å². The highest BCUT2D eigenvalue weighted by Gasteiger charge is 2.24. The van der Waals surface area contributed by atoms with Gasteiger partial charge < -0.3 is 9.84 Å². The molecule has 1 aliphatic rings. The number of aryl methyl sites for hydroxylation is 2. The summed E-state index contributed by atoms with van der Waals surface area (Å²) in [5.41, 5.74) is 8.18. The number of fused-ring (bicyclic) bond motifs is 3. The Hall–Kier alpha value is -3.09. The molecule has 1 aliphatic carbocycles. The molecule has 1 heterocycles. The molecule has 0 fully saturated rings. The van der Waals surface area contributed by atoms with Gasteiger partial charge in [0.25, 0.3) is 0 Å². The number of carbonyl (C=O) groups is 1. The molecule has 0 radical (unpaired) electrons. The lowest BCUT2D eigenvalue weighted by Gasteiger charge is -2.18. The highest BCUT2D eigenvalue weighted by molar-refractivity contribution is 8.00. The summed E-state index contributed by atoms with van der Waals surface area (Å²) in [5, 5.41) is 8.96. The average molecular weight is 474 g/mol. The van der Waals surface area contributed by atoms with Gasteiger partial charge in [0.2, 0.25) is 0 Å². The highest BCUT2D eigenvalue weighted by atomic mass is 32.2. The van der Waals surface area contributed by atoms with E-state index in [1.165, 1.54) is 27.1 Å². The fraction of sp³-hybridized carbons (Fsp3) is 0.185. The summed E-state index contributed by atoms with van der Waals surface area (Å²) in [6.07, 6.45) is 1.73. The van der Waals surface area contributed by atoms with Crippen molar-refractivity contribution in [2.45, 2.75) is 29.9 Å². The van der Waals surface area contributed by atoms with Crippen LogP contribution in [0, 0.1) is 6.92 Å². The number of benzene rings is 3. The van der Waals surface area contributed by atoms with E-state index < -0.39 is 5.97 Å². The molecule has 33 heavy (non-hydrogen) atoms. The summed E-state index contributed by atoms with van der Waals surface area (Å²) < 4.78 is 6.59. The minimum Gasteiger partial charge on any atom is -0.482 e. The first-order chi connectivity index (χ1) is 16.1. The van der Waals surface area contributed by atoms with E-state index in [0.717, 1.165) is 39.8 Å². The molecule has 3 aromatic carbocycles. The normalized spacial score (nSPS) is 12.2. The molecular formula is C27H23NO3S2. The molecule has 0 atom stereocenters. The van der Waals surface area contributed by atoms with Crippen LogP contribution in [0.3, 0.4) is 0 Å². The Morgan fingerprint density at radius 3 is 2.73 bits per heavy atom. The molecule has 5 rings (SSSR count). The van der Waals surface area contributed by atoms with Gasteiger partial charge in [0.05, 0.1) is 5.69 Å². The smallest absolute Gasteiger partial charge is 0.341 e. The zero-order valence-corrected chi connectivity index (χ0v) is 19.8. The minimum absolute atomic E-state index is 0.332. The fourth-order valence-corrected chi connectivity index (χ4v) is 6.42. The number of hydrogen-bond acceptors (Lipinski definition) is 5. The molecule has 4 aromatic rings. The van der Waals surface area contributed by atoms with Gasteiger partial charge in [-0.15, -0.1) is 11.3 Å². The lowest BCUT2D eigenvalue weighted by molar-refractivity contribution is -0.139. The number of carboxylic acids is 1. The third-order valence-corrected chi connectivity index (χ3v) is 8.02. The molecule has 166 valence electrons. The van der Waals surface area contributed by atoms with Gasteiger partial charge in [-0.2, -0.15) is 0 Å². The molecule has 0 saturated heterocycles. The van der Waals surface area contributed by atoms with E-state index >= 15 is 0 Å². The Balaban J connectivity index is 1.38. The molecule has 0 aliphatic heterocycles. The third kappa shape index (κ3) is 4.68. The Morgan fingerprint density at radius 2 is 1.88 bits per heavy atom. The van der Waals surface area contributed by atoms with E-state index in [1.807, 2.05) is 12.1 Å². The second-order valence-electron chi connectivity index (χ2n) is 8.03. The van der Waals surface area contributed by atoms with Crippen LogP contribution >= 0.6 is 23.1 Å². The van der Waals surface area contributed by atoms with Gasteiger partial charge in [0.15, 0.2) is 10.9 Å². The van der Waals surface area contributed by atoms with Crippen molar-refractivity contribution in [2.75, 3.05) is 6.61 Å². The van der Waals surface area contributed by atoms with Crippen LogP contribution in [-0.2, 0) is 23.4 Å². The van der Waals surface area contributed by atoms with Crippen LogP contribution in [0.25, 0.3) is 22.4 Å². The van der Waals surface area contributed by atoms with E-state index in [2.05, 4.69) is 61.5 Å². The second-order valence-corrected chi connectivity index (χ2v) is 10.3. The van der Waals surface area contributed by atoms with Crippen LogP contribution in [-0.4, -0.2) is 22.7 Å². The fourth-order valence-electron chi connectivity index (χ4n) is 4.21. The number of hydrogen-bond donors (Lipinski definition) is 1. The second kappa shape index (κ2) is 9.41. The Bertz CT molecular complexity index is 1330. The molecule has 0 bridgehead atoms. The van der Waals surface area contributed by atoms with Crippen LogP contribution in [0.5, 0.6) is 5.75 Å². The number of aromatic nitrogens is 1. The average Bonchev–Trinajstić information content (AvgIpc) is 3.25. The Kier molecular flexibility index (Phi) is 6.20. The van der Waals surface area contributed by atoms with Gasteiger partial charge in [-0.25, -0.2) is 9.78 Å². The first-order valence-electron chi connectivity index (χ1n) is 10.8. The topological polar surface area (TPSA) is 59.4 Å². The zero-order valence-electron chi connectivity index (χ0n) is 18.2. The van der Waals surface area contributed by atoms with Gasteiger partial charge in [-0.1, -0.05) is 78.0 Å². The molecule has 4 nitrogen and oxygen atoms in total. The van der Waals surface area contributed by atoms with Crippen molar-refractivity contribution >= 4 is 29.1 Å². The van der Waals surface area contributed by atoms with Crippen molar-refractivity contribution in [1.29, 1.82) is 0 Å². The molecule has 6 heteroatoms.